The van der Waals surface area contributed by atoms with Crippen LogP contribution in [0.2, 0.25) is 0 Å². The minimum atomic E-state index is 0. The van der Waals surface area contributed by atoms with Crippen molar-refractivity contribution in [3.8, 4) is 0 Å². The Balaban J connectivity index is 0.00000280. The Morgan fingerprint density at radius 1 is 1.29 bits per heavy atom. The number of thioether (sulfide) groups is 1. The van der Waals surface area contributed by atoms with E-state index in [1.807, 2.05) is 6.20 Å². The molecule has 0 aliphatic carbocycles. The lowest BCUT2D eigenvalue weighted by Gasteiger charge is -2.33. The lowest BCUT2D eigenvalue weighted by atomic mass is 10.1. The summed E-state index contributed by atoms with van der Waals surface area (Å²) in [7, 11) is 2.18. The van der Waals surface area contributed by atoms with Gasteiger partial charge in [0, 0.05) is 50.2 Å². The van der Waals surface area contributed by atoms with Gasteiger partial charge in [0.05, 0.1) is 6.54 Å². The molecule has 3 rings (SSSR count). The molecule has 0 saturated carbocycles. The number of nitrogens with one attached hydrogen (secondary N) is 2. The third kappa shape index (κ3) is 6.95. The molecule has 1 unspecified atom stereocenters. The number of halogens is 1. The number of piperazine rings is 1. The molecule has 1 aromatic rings. The smallest absolute Gasteiger partial charge is 0.191 e. The average molecular weight is 519 g/mol. The van der Waals surface area contributed by atoms with Gasteiger partial charge in [-0.3, -0.25) is 0 Å². The van der Waals surface area contributed by atoms with Crippen molar-refractivity contribution in [1.29, 1.82) is 0 Å². The molecule has 3 heterocycles. The highest BCUT2D eigenvalue weighted by atomic mass is 127. The van der Waals surface area contributed by atoms with Crippen molar-refractivity contribution in [1.82, 2.24) is 20.5 Å². The van der Waals surface area contributed by atoms with Crippen LogP contribution in [0.3, 0.4) is 0 Å². The molecule has 0 bridgehead atoms. The molecule has 0 amide bonds. The molecule has 8 heteroatoms. The summed E-state index contributed by atoms with van der Waals surface area (Å²) in [6.07, 6.45) is 4.51. The van der Waals surface area contributed by atoms with Crippen LogP contribution < -0.4 is 15.5 Å². The van der Waals surface area contributed by atoms with E-state index >= 15 is 0 Å². The largest absolute Gasteiger partial charge is 0.357 e. The highest BCUT2D eigenvalue weighted by molar-refractivity contribution is 14.0. The topological polar surface area (TPSA) is 55.8 Å². The summed E-state index contributed by atoms with van der Waals surface area (Å²) in [5, 5.41) is 6.92. The predicted octanol–water partition coefficient (Wildman–Crippen LogP) is 2.79. The quantitative estimate of drug-likeness (QED) is 0.343. The molecule has 2 aliphatic rings. The van der Waals surface area contributed by atoms with Gasteiger partial charge in [-0.15, -0.1) is 24.0 Å². The summed E-state index contributed by atoms with van der Waals surface area (Å²) in [5.41, 5.74) is 1.21. The lowest BCUT2D eigenvalue weighted by Crippen LogP contribution is -2.44. The molecule has 158 valence electrons. The van der Waals surface area contributed by atoms with Crippen LogP contribution in [0, 0.1) is 0 Å². The molecule has 2 fully saturated rings. The Morgan fingerprint density at radius 3 is 2.75 bits per heavy atom. The second-order valence-electron chi connectivity index (χ2n) is 7.76. The van der Waals surface area contributed by atoms with E-state index in [9.17, 15) is 0 Å². The van der Waals surface area contributed by atoms with Gasteiger partial charge < -0.3 is 20.4 Å². The Kier molecular flexibility index (Phi) is 9.62. The Bertz CT molecular complexity index is 627. The number of anilines is 1. The van der Waals surface area contributed by atoms with E-state index in [-0.39, 0.29) is 24.0 Å². The summed E-state index contributed by atoms with van der Waals surface area (Å²) in [4.78, 5) is 14.1. The van der Waals surface area contributed by atoms with E-state index < -0.39 is 0 Å². The van der Waals surface area contributed by atoms with Crippen LogP contribution in [-0.2, 0) is 6.54 Å². The van der Waals surface area contributed by atoms with Crippen molar-refractivity contribution < 1.29 is 0 Å². The molecule has 2 saturated heterocycles. The second kappa shape index (κ2) is 11.4. The van der Waals surface area contributed by atoms with Crippen LogP contribution in [0.1, 0.15) is 32.3 Å². The van der Waals surface area contributed by atoms with Crippen molar-refractivity contribution >= 4 is 47.5 Å². The van der Waals surface area contributed by atoms with Gasteiger partial charge in [0.15, 0.2) is 5.96 Å². The molecular formula is C20H35IN6S. The number of aliphatic imine (C=N–C) groups is 1. The highest BCUT2D eigenvalue weighted by Gasteiger charge is 2.29. The summed E-state index contributed by atoms with van der Waals surface area (Å²) >= 11 is 2.07. The average Bonchev–Trinajstić information content (AvgIpc) is 3.12. The summed E-state index contributed by atoms with van der Waals surface area (Å²) in [6, 6.07) is 4.26. The fraction of sp³-hybridized carbons (Fsp3) is 0.700. The van der Waals surface area contributed by atoms with E-state index in [0.29, 0.717) is 11.3 Å². The van der Waals surface area contributed by atoms with Crippen molar-refractivity contribution in [2.75, 3.05) is 57.0 Å². The first-order chi connectivity index (χ1) is 13.1. The third-order valence-electron chi connectivity index (χ3n) is 5.33. The Labute approximate surface area is 191 Å². The maximum atomic E-state index is 4.80. The third-order valence-corrected chi connectivity index (χ3v) is 6.87. The molecule has 0 spiro atoms. The maximum Gasteiger partial charge on any atom is 0.191 e. The van der Waals surface area contributed by atoms with E-state index in [1.54, 1.807) is 0 Å². The maximum absolute atomic E-state index is 4.80. The number of pyridine rings is 1. The Hall–Kier alpha value is -0.740. The molecule has 6 nitrogen and oxygen atoms in total. The number of hydrogen-bond donors (Lipinski definition) is 2. The molecule has 28 heavy (non-hydrogen) atoms. The zero-order valence-electron chi connectivity index (χ0n) is 17.4. The van der Waals surface area contributed by atoms with Gasteiger partial charge in [-0.1, -0.05) is 0 Å². The van der Waals surface area contributed by atoms with Crippen LogP contribution >= 0.6 is 35.7 Å². The monoisotopic (exact) mass is 518 g/mol. The van der Waals surface area contributed by atoms with Gasteiger partial charge in [0.2, 0.25) is 0 Å². The van der Waals surface area contributed by atoms with Gasteiger partial charge in [0.25, 0.3) is 0 Å². The van der Waals surface area contributed by atoms with Crippen molar-refractivity contribution in [3.63, 3.8) is 0 Å². The number of guanidine groups is 1. The fourth-order valence-corrected chi connectivity index (χ4v) is 4.77. The van der Waals surface area contributed by atoms with Crippen molar-refractivity contribution in [2.24, 2.45) is 4.99 Å². The van der Waals surface area contributed by atoms with Crippen molar-refractivity contribution in [3.05, 3.63) is 23.9 Å². The van der Waals surface area contributed by atoms with Gasteiger partial charge in [-0.2, -0.15) is 11.8 Å². The highest BCUT2D eigenvalue weighted by Crippen LogP contribution is 2.36. The number of nitrogens with zero attached hydrogens (tertiary/aromatic N) is 4. The first kappa shape index (κ1) is 23.5. The number of likely N-dealkylation sites (N-methyl/N-ethyl adjacent to an activating group) is 1. The minimum absolute atomic E-state index is 0. The summed E-state index contributed by atoms with van der Waals surface area (Å²) in [5.74, 6) is 3.26. The summed E-state index contributed by atoms with van der Waals surface area (Å²) < 4.78 is 0.335. The van der Waals surface area contributed by atoms with E-state index in [2.05, 4.69) is 70.2 Å². The van der Waals surface area contributed by atoms with Crippen LogP contribution in [-0.4, -0.2) is 72.7 Å². The lowest BCUT2D eigenvalue weighted by molar-refractivity contribution is 0.312. The van der Waals surface area contributed by atoms with Crippen LogP contribution in [0.25, 0.3) is 0 Å². The predicted molar refractivity (Wildman–Crippen MR) is 132 cm³/mol. The second-order valence-corrected chi connectivity index (χ2v) is 9.45. The van der Waals surface area contributed by atoms with Gasteiger partial charge in [-0.05, 0) is 57.2 Å². The van der Waals surface area contributed by atoms with Crippen LogP contribution in [0.15, 0.2) is 23.3 Å². The minimum Gasteiger partial charge on any atom is -0.357 e. The van der Waals surface area contributed by atoms with Gasteiger partial charge in [-0.25, -0.2) is 9.98 Å². The van der Waals surface area contributed by atoms with E-state index in [4.69, 9.17) is 4.99 Å². The Morgan fingerprint density at radius 2 is 2.07 bits per heavy atom. The molecule has 1 atom stereocenters. The molecule has 2 aliphatic heterocycles. The van der Waals surface area contributed by atoms with Gasteiger partial charge >= 0.3 is 0 Å². The standard InChI is InChI=1S/C20H34N6S.HI/c1-4-21-19(24-16-20(2)7-5-13-27-20)23-15-17-6-8-22-18(14-17)26-11-9-25(3)10-12-26;/h6,8,14H,4-5,7,9-13,15-16H2,1-3H3,(H2,21,23,24);1H. The molecule has 1 aromatic heterocycles. The van der Waals surface area contributed by atoms with Crippen LogP contribution in [0.4, 0.5) is 5.82 Å². The molecule has 2 N–H and O–H groups in total. The number of aromatic nitrogens is 1. The first-order valence-electron chi connectivity index (χ1n) is 10.1. The number of hydrogen-bond acceptors (Lipinski definition) is 5. The number of rotatable bonds is 6. The van der Waals surface area contributed by atoms with Crippen LogP contribution in [0.5, 0.6) is 0 Å². The zero-order valence-corrected chi connectivity index (χ0v) is 20.6. The molecule has 0 radical (unpaired) electrons. The molecule has 0 aromatic carbocycles. The fourth-order valence-electron chi connectivity index (χ4n) is 3.53. The SMILES string of the molecule is CCNC(=NCc1ccnc(N2CCN(C)CC2)c1)NCC1(C)CCCS1.I. The molecular weight excluding hydrogens is 483 g/mol. The normalized spacial score (nSPS) is 23.4. The summed E-state index contributed by atoms with van der Waals surface area (Å²) in [6.45, 7) is 11.2. The van der Waals surface area contributed by atoms with Crippen molar-refractivity contribution in [2.45, 2.75) is 38.0 Å². The van der Waals surface area contributed by atoms with E-state index in [0.717, 1.165) is 51.0 Å². The van der Waals surface area contributed by atoms with E-state index in [1.165, 1.54) is 24.2 Å². The van der Waals surface area contributed by atoms with Gasteiger partial charge in [0.1, 0.15) is 5.82 Å². The zero-order chi connectivity index (χ0) is 19.1. The first-order valence-corrected chi connectivity index (χ1v) is 11.1.